The number of anilines is 1. The molecule has 0 saturated heterocycles. The summed E-state index contributed by atoms with van der Waals surface area (Å²) in [5.41, 5.74) is 1.37. The fraction of sp³-hybridized carbons (Fsp3) is 0.350. The van der Waals surface area contributed by atoms with Gasteiger partial charge < -0.3 is 29.2 Å². The first-order valence-corrected chi connectivity index (χ1v) is 19.7. The molecule has 0 heterocycles. The predicted molar refractivity (Wildman–Crippen MR) is 210 cm³/mol. The van der Waals surface area contributed by atoms with Crippen molar-refractivity contribution < 1.29 is 37.0 Å². The number of amides is 2. The van der Waals surface area contributed by atoms with Crippen molar-refractivity contribution in [2.45, 2.75) is 62.0 Å². The molecule has 1 unspecified atom stereocenters. The van der Waals surface area contributed by atoms with Crippen LogP contribution in [0.1, 0.15) is 43.2 Å². The number of ether oxygens (including phenoxy) is 4. The average molecular weight is 799 g/mol. The average Bonchev–Trinajstić information content (AvgIpc) is 3.19. The van der Waals surface area contributed by atoms with E-state index in [2.05, 4.69) is 5.32 Å². The van der Waals surface area contributed by atoms with Crippen LogP contribution in [0.2, 0.25) is 10.0 Å². The molecule has 1 aliphatic carbocycles. The van der Waals surface area contributed by atoms with Crippen LogP contribution in [0.5, 0.6) is 23.0 Å². The van der Waals surface area contributed by atoms with Gasteiger partial charge in [0.05, 0.1) is 39.0 Å². The van der Waals surface area contributed by atoms with Crippen molar-refractivity contribution in [3.63, 3.8) is 0 Å². The zero-order valence-electron chi connectivity index (χ0n) is 30.7. The van der Waals surface area contributed by atoms with Gasteiger partial charge in [-0.25, -0.2) is 8.42 Å². The van der Waals surface area contributed by atoms with Gasteiger partial charge in [-0.15, -0.1) is 0 Å². The number of halogens is 2. The highest BCUT2D eigenvalue weighted by Crippen LogP contribution is 2.38. The van der Waals surface area contributed by atoms with Crippen LogP contribution in [0.4, 0.5) is 5.69 Å². The first-order valence-electron chi connectivity index (χ1n) is 17.5. The Labute approximate surface area is 327 Å². The number of sulfonamides is 1. The summed E-state index contributed by atoms with van der Waals surface area (Å²) in [6, 6.07) is 21.9. The van der Waals surface area contributed by atoms with E-state index >= 15 is 4.79 Å². The maximum atomic E-state index is 15.0. The number of carbonyl (C=O) groups excluding carboxylic acids is 2. The highest BCUT2D eigenvalue weighted by molar-refractivity contribution is 7.92. The summed E-state index contributed by atoms with van der Waals surface area (Å²) < 4.78 is 52.4. The first-order chi connectivity index (χ1) is 26.0. The highest BCUT2D eigenvalue weighted by Gasteiger charge is 2.37. The molecule has 0 bridgehead atoms. The Morgan fingerprint density at radius 3 is 2.13 bits per heavy atom. The molecule has 11 nitrogen and oxygen atoms in total. The molecule has 1 atom stereocenters. The SMILES string of the molecule is COc1ccc(OC)c(N(CC(=O)N(Cc2ccc(Cl)cc2Cl)C(Cc2ccccc2)C(=O)NC2CCCCC2)S(=O)(=O)c2ccc(OC)c(OC)c2)c1. The van der Waals surface area contributed by atoms with Gasteiger partial charge in [0.25, 0.3) is 10.0 Å². The number of nitrogens with one attached hydrogen (secondary N) is 1. The van der Waals surface area contributed by atoms with Crippen molar-refractivity contribution in [3.05, 3.63) is 106 Å². The lowest BCUT2D eigenvalue weighted by atomic mass is 9.94. The van der Waals surface area contributed by atoms with E-state index in [1.165, 1.54) is 57.6 Å². The fourth-order valence-corrected chi connectivity index (χ4v) is 8.44. The van der Waals surface area contributed by atoms with Crippen LogP contribution in [0, 0.1) is 0 Å². The van der Waals surface area contributed by atoms with E-state index in [1.54, 1.807) is 30.3 Å². The molecule has 0 spiro atoms. The van der Waals surface area contributed by atoms with E-state index in [-0.39, 0.29) is 52.0 Å². The monoisotopic (exact) mass is 797 g/mol. The van der Waals surface area contributed by atoms with Gasteiger partial charge in [-0.1, -0.05) is 78.9 Å². The summed E-state index contributed by atoms with van der Waals surface area (Å²) in [4.78, 5) is 30.7. The number of hydrogen-bond acceptors (Lipinski definition) is 8. The zero-order valence-corrected chi connectivity index (χ0v) is 33.0. The molecular formula is C40H45Cl2N3O8S. The molecule has 14 heteroatoms. The van der Waals surface area contributed by atoms with Gasteiger partial charge in [-0.2, -0.15) is 0 Å². The topological polar surface area (TPSA) is 124 Å². The molecule has 1 fully saturated rings. The molecular weight excluding hydrogens is 753 g/mol. The van der Waals surface area contributed by atoms with Crippen LogP contribution in [-0.4, -0.2) is 72.2 Å². The highest BCUT2D eigenvalue weighted by atomic mass is 35.5. The van der Waals surface area contributed by atoms with Crippen molar-refractivity contribution in [2.75, 3.05) is 39.3 Å². The summed E-state index contributed by atoms with van der Waals surface area (Å²) in [7, 11) is 1.14. The van der Waals surface area contributed by atoms with Crippen LogP contribution < -0.4 is 28.6 Å². The fourth-order valence-electron chi connectivity index (χ4n) is 6.54. The van der Waals surface area contributed by atoms with E-state index in [0.717, 1.165) is 42.0 Å². The minimum atomic E-state index is -4.54. The largest absolute Gasteiger partial charge is 0.497 e. The molecule has 5 rings (SSSR count). The number of hydrogen-bond donors (Lipinski definition) is 1. The first kappa shape index (κ1) is 40.5. The molecule has 4 aromatic rings. The van der Waals surface area contributed by atoms with Crippen molar-refractivity contribution >= 4 is 50.7 Å². The van der Waals surface area contributed by atoms with Crippen molar-refractivity contribution in [1.29, 1.82) is 0 Å². The Kier molecular flexibility index (Phi) is 14.0. The van der Waals surface area contributed by atoms with Crippen molar-refractivity contribution in [3.8, 4) is 23.0 Å². The van der Waals surface area contributed by atoms with E-state index in [1.807, 2.05) is 30.3 Å². The van der Waals surface area contributed by atoms with Crippen LogP contribution in [-0.2, 0) is 32.6 Å². The molecule has 0 aliphatic heterocycles. The van der Waals surface area contributed by atoms with Gasteiger partial charge in [-0.3, -0.25) is 13.9 Å². The maximum Gasteiger partial charge on any atom is 0.265 e. The van der Waals surface area contributed by atoms with Crippen LogP contribution >= 0.6 is 23.2 Å². The maximum absolute atomic E-state index is 15.0. The predicted octanol–water partition coefficient (Wildman–Crippen LogP) is 7.31. The van der Waals surface area contributed by atoms with E-state index < -0.39 is 28.5 Å². The number of rotatable bonds is 16. The second-order valence-electron chi connectivity index (χ2n) is 12.9. The van der Waals surface area contributed by atoms with Crippen LogP contribution in [0.15, 0.2) is 89.8 Å². The Morgan fingerprint density at radius 2 is 1.48 bits per heavy atom. The second kappa shape index (κ2) is 18.6. The second-order valence-corrected chi connectivity index (χ2v) is 15.6. The zero-order chi connectivity index (χ0) is 38.8. The van der Waals surface area contributed by atoms with E-state index in [4.69, 9.17) is 42.1 Å². The van der Waals surface area contributed by atoms with Gasteiger partial charge in [0.1, 0.15) is 24.1 Å². The lowest BCUT2D eigenvalue weighted by molar-refractivity contribution is -0.140. The van der Waals surface area contributed by atoms with Gasteiger partial charge >= 0.3 is 0 Å². The van der Waals surface area contributed by atoms with Crippen molar-refractivity contribution in [1.82, 2.24) is 10.2 Å². The molecule has 1 aliphatic rings. The summed E-state index contributed by atoms with van der Waals surface area (Å²) in [5, 5.41) is 3.89. The van der Waals surface area contributed by atoms with Gasteiger partial charge in [0, 0.05) is 41.2 Å². The molecule has 54 heavy (non-hydrogen) atoms. The van der Waals surface area contributed by atoms with Gasteiger partial charge in [-0.05, 0) is 60.4 Å². The summed E-state index contributed by atoms with van der Waals surface area (Å²) in [5.74, 6) is -0.0483. The molecule has 0 radical (unpaired) electrons. The van der Waals surface area contributed by atoms with Crippen LogP contribution in [0.25, 0.3) is 0 Å². The lowest BCUT2D eigenvalue weighted by Gasteiger charge is -2.35. The molecule has 288 valence electrons. The quantitative estimate of drug-likeness (QED) is 0.125. The standard InChI is InChI=1S/C40H45Cl2N3O8S/c1-50-31-17-19-36(51-2)34(23-31)45(54(48,49)32-18-20-37(52-3)38(24-32)53-4)26-39(46)44(25-28-15-16-29(41)22-33(28)42)35(21-27-11-7-5-8-12-27)40(47)43-30-13-9-6-10-14-30/h5,7-8,11-12,15-20,22-24,30,35H,6,9-10,13-14,21,25-26H2,1-4H3,(H,43,47). The third-order valence-electron chi connectivity index (χ3n) is 9.46. The third-order valence-corrected chi connectivity index (χ3v) is 11.8. The third kappa shape index (κ3) is 9.71. The Morgan fingerprint density at radius 1 is 0.796 bits per heavy atom. The molecule has 2 amide bonds. The minimum Gasteiger partial charge on any atom is -0.497 e. The summed E-state index contributed by atoms with van der Waals surface area (Å²) in [6.45, 7) is -0.850. The molecule has 4 aromatic carbocycles. The number of benzene rings is 4. The van der Waals surface area contributed by atoms with Gasteiger partial charge in [0.15, 0.2) is 11.5 Å². The Hall–Kier alpha value is -4.65. The summed E-state index contributed by atoms with van der Waals surface area (Å²) >= 11 is 12.9. The molecule has 1 N–H and O–H groups in total. The normalized spacial score (nSPS) is 13.7. The number of nitrogens with zero attached hydrogens (tertiary/aromatic N) is 2. The Bertz CT molecular complexity index is 2030. The van der Waals surface area contributed by atoms with Crippen molar-refractivity contribution in [2.24, 2.45) is 0 Å². The summed E-state index contributed by atoms with van der Waals surface area (Å²) in [6.07, 6.45) is 4.88. The lowest BCUT2D eigenvalue weighted by Crippen LogP contribution is -2.55. The minimum absolute atomic E-state index is 0.0377. The Balaban J connectivity index is 1.65. The van der Waals surface area contributed by atoms with E-state index in [0.29, 0.717) is 22.1 Å². The van der Waals surface area contributed by atoms with E-state index in [9.17, 15) is 13.2 Å². The number of carbonyl (C=O) groups is 2. The van der Waals surface area contributed by atoms with Gasteiger partial charge in [0.2, 0.25) is 11.8 Å². The molecule has 0 aromatic heterocycles. The molecule has 1 saturated carbocycles. The number of methoxy groups -OCH3 is 4. The smallest absolute Gasteiger partial charge is 0.265 e. The van der Waals surface area contributed by atoms with Crippen LogP contribution in [0.3, 0.4) is 0 Å².